The Morgan fingerprint density at radius 2 is 2.08 bits per heavy atom. The van der Waals surface area contributed by atoms with Crippen LogP contribution in [-0.4, -0.2) is 41.9 Å². The normalized spacial score (nSPS) is 16.5. The number of pyridine rings is 1. The fourth-order valence-electron chi connectivity index (χ4n) is 2.95. The van der Waals surface area contributed by atoms with Gasteiger partial charge in [-0.25, -0.2) is 8.42 Å². The molecule has 0 bridgehead atoms. The number of esters is 1. The summed E-state index contributed by atoms with van der Waals surface area (Å²) in [6.07, 6.45) is 3.72. The van der Waals surface area contributed by atoms with Crippen LogP contribution in [0.2, 0.25) is 0 Å². The van der Waals surface area contributed by atoms with Crippen molar-refractivity contribution in [3.63, 3.8) is 0 Å². The Kier molecular flexibility index (Phi) is 5.38. The lowest BCUT2D eigenvalue weighted by atomic mass is 9.98. The van der Waals surface area contributed by atoms with Crippen LogP contribution in [0.4, 0.5) is 0 Å². The van der Waals surface area contributed by atoms with E-state index in [1.807, 2.05) is 0 Å². The quantitative estimate of drug-likeness (QED) is 0.730. The summed E-state index contributed by atoms with van der Waals surface area (Å²) in [4.78, 5) is 16.3. The summed E-state index contributed by atoms with van der Waals surface area (Å²) in [6, 6.07) is 3.11. The zero-order valence-corrected chi connectivity index (χ0v) is 15.5. The standard InChI is InChI=1S/C17H21N3O5S/c1-12-16(13(2)25-19-12)11-24-17(21)14-5-8-20(9-6-14)26(22,23)15-4-3-7-18-10-15/h3-4,7,10,14H,5-6,8-9,11H2,1-2H3. The van der Waals surface area contributed by atoms with E-state index in [2.05, 4.69) is 10.1 Å². The first-order valence-corrected chi connectivity index (χ1v) is 9.82. The summed E-state index contributed by atoms with van der Waals surface area (Å²) in [6.45, 7) is 4.24. The fourth-order valence-corrected chi connectivity index (χ4v) is 4.38. The van der Waals surface area contributed by atoms with Crippen molar-refractivity contribution in [2.45, 2.75) is 38.2 Å². The molecule has 1 saturated heterocycles. The molecule has 8 nitrogen and oxygen atoms in total. The third-order valence-electron chi connectivity index (χ3n) is 4.60. The molecule has 1 aliphatic rings. The van der Waals surface area contributed by atoms with Gasteiger partial charge in [0.05, 0.1) is 17.2 Å². The Hall–Kier alpha value is -2.26. The molecule has 140 valence electrons. The van der Waals surface area contributed by atoms with Crippen LogP contribution < -0.4 is 0 Å². The average Bonchev–Trinajstić information content (AvgIpc) is 2.98. The Labute approximate surface area is 152 Å². The zero-order valence-electron chi connectivity index (χ0n) is 14.7. The molecular formula is C17H21N3O5S. The lowest BCUT2D eigenvalue weighted by Crippen LogP contribution is -2.40. The fraction of sp³-hybridized carbons (Fsp3) is 0.471. The second-order valence-electron chi connectivity index (χ2n) is 6.28. The molecule has 0 aromatic carbocycles. The van der Waals surface area contributed by atoms with Crippen molar-refractivity contribution in [2.75, 3.05) is 13.1 Å². The summed E-state index contributed by atoms with van der Waals surface area (Å²) in [5.74, 6) is 0.00642. The largest absolute Gasteiger partial charge is 0.460 e. The second-order valence-corrected chi connectivity index (χ2v) is 8.22. The predicted octanol–water partition coefficient (Wildman–Crippen LogP) is 1.83. The van der Waals surface area contributed by atoms with Crippen LogP contribution in [0.25, 0.3) is 0 Å². The van der Waals surface area contributed by atoms with Gasteiger partial charge in [-0.05, 0) is 38.8 Å². The molecule has 2 aromatic rings. The molecule has 0 spiro atoms. The van der Waals surface area contributed by atoms with Gasteiger partial charge in [0.25, 0.3) is 0 Å². The maximum absolute atomic E-state index is 12.6. The van der Waals surface area contributed by atoms with E-state index in [0.717, 1.165) is 5.56 Å². The van der Waals surface area contributed by atoms with Crippen molar-refractivity contribution in [3.8, 4) is 0 Å². The molecule has 1 aliphatic heterocycles. The number of sulfonamides is 1. The zero-order chi connectivity index (χ0) is 18.7. The number of aryl methyl sites for hydroxylation is 2. The minimum atomic E-state index is -3.57. The molecule has 0 amide bonds. The number of nitrogens with zero attached hydrogens (tertiary/aromatic N) is 3. The lowest BCUT2D eigenvalue weighted by Gasteiger charge is -2.30. The van der Waals surface area contributed by atoms with Gasteiger partial charge >= 0.3 is 5.97 Å². The number of ether oxygens (including phenoxy) is 1. The van der Waals surface area contributed by atoms with Crippen LogP contribution in [0.5, 0.6) is 0 Å². The molecular weight excluding hydrogens is 358 g/mol. The summed E-state index contributed by atoms with van der Waals surface area (Å²) in [5.41, 5.74) is 1.47. The number of hydrogen-bond acceptors (Lipinski definition) is 7. The van der Waals surface area contributed by atoms with Crippen molar-refractivity contribution in [1.29, 1.82) is 0 Å². The van der Waals surface area contributed by atoms with Gasteiger partial charge in [0.2, 0.25) is 10.0 Å². The molecule has 3 heterocycles. The average molecular weight is 379 g/mol. The monoisotopic (exact) mass is 379 g/mol. The topological polar surface area (TPSA) is 103 Å². The van der Waals surface area contributed by atoms with E-state index in [4.69, 9.17) is 9.26 Å². The number of hydrogen-bond donors (Lipinski definition) is 0. The molecule has 1 fully saturated rings. The van der Waals surface area contributed by atoms with Crippen molar-refractivity contribution >= 4 is 16.0 Å². The van der Waals surface area contributed by atoms with Crippen molar-refractivity contribution < 1.29 is 22.5 Å². The van der Waals surface area contributed by atoms with Crippen LogP contribution in [0.15, 0.2) is 33.9 Å². The second kappa shape index (κ2) is 7.55. The van der Waals surface area contributed by atoms with Crippen LogP contribution in [0, 0.1) is 19.8 Å². The van der Waals surface area contributed by atoms with E-state index in [9.17, 15) is 13.2 Å². The first-order valence-electron chi connectivity index (χ1n) is 8.38. The highest BCUT2D eigenvalue weighted by molar-refractivity contribution is 7.89. The number of rotatable bonds is 5. The number of carbonyl (C=O) groups is 1. The first-order chi connectivity index (χ1) is 12.4. The Morgan fingerprint density at radius 3 is 2.65 bits per heavy atom. The van der Waals surface area contributed by atoms with Crippen LogP contribution >= 0.6 is 0 Å². The molecule has 2 aromatic heterocycles. The van der Waals surface area contributed by atoms with E-state index in [1.165, 1.54) is 22.8 Å². The highest BCUT2D eigenvalue weighted by Gasteiger charge is 2.33. The molecule has 0 radical (unpaired) electrons. The van der Waals surface area contributed by atoms with E-state index < -0.39 is 10.0 Å². The van der Waals surface area contributed by atoms with Gasteiger partial charge in [-0.1, -0.05) is 5.16 Å². The van der Waals surface area contributed by atoms with Crippen molar-refractivity contribution in [3.05, 3.63) is 41.5 Å². The maximum atomic E-state index is 12.6. The third-order valence-corrected chi connectivity index (χ3v) is 6.48. The van der Waals surface area contributed by atoms with E-state index in [1.54, 1.807) is 19.9 Å². The summed E-state index contributed by atoms with van der Waals surface area (Å²) >= 11 is 0. The Bertz CT molecular complexity index is 852. The van der Waals surface area contributed by atoms with Gasteiger partial charge in [-0.3, -0.25) is 9.78 Å². The van der Waals surface area contributed by atoms with Crippen LogP contribution in [0.3, 0.4) is 0 Å². The van der Waals surface area contributed by atoms with Gasteiger partial charge in [-0.2, -0.15) is 4.31 Å². The summed E-state index contributed by atoms with van der Waals surface area (Å²) in [5, 5.41) is 3.83. The molecule has 9 heteroatoms. The molecule has 26 heavy (non-hydrogen) atoms. The van der Waals surface area contributed by atoms with Gasteiger partial charge in [0.15, 0.2) is 0 Å². The Morgan fingerprint density at radius 1 is 1.35 bits per heavy atom. The van der Waals surface area contributed by atoms with Gasteiger partial charge in [0.1, 0.15) is 17.3 Å². The highest BCUT2D eigenvalue weighted by atomic mass is 32.2. The number of aromatic nitrogens is 2. The SMILES string of the molecule is Cc1noc(C)c1COC(=O)C1CCN(S(=O)(=O)c2cccnc2)CC1. The molecule has 0 saturated carbocycles. The van der Waals surface area contributed by atoms with E-state index >= 15 is 0 Å². The molecule has 0 aliphatic carbocycles. The molecule has 0 unspecified atom stereocenters. The summed E-state index contributed by atoms with van der Waals surface area (Å²) in [7, 11) is -3.57. The first kappa shape index (κ1) is 18.5. The molecule has 3 rings (SSSR count). The van der Waals surface area contributed by atoms with E-state index in [-0.39, 0.29) is 36.5 Å². The van der Waals surface area contributed by atoms with Crippen LogP contribution in [-0.2, 0) is 26.2 Å². The van der Waals surface area contributed by atoms with E-state index in [0.29, 0.717) is 24.3 Å². The number of carbonyl (C=O) groups excluding carboxylic acids is 1. The van der Waals surface area contributed by atoms with Gasteiger partial charge in [0, 0.05) is 25.5 Å². The van der Waals surface area contributed by atoms with Gasteiger partial charge < -0.3 is 9.26 Å². The lowest BCUT2D eigenvalue weighted by molar-refractivity contribution is -0.151. The minimum absolute atomic E-state index is 0.119. The maximum Gasteiger partial charge on any atom is 0.309 e. The summed E-state index contributed by atoms with van der Waals surface area (Å²) < 4.78 is 37.0. The van der Waals surface area contributed by atoms with Crippen molar-refractivity contribution in [2.24, 2.45) is 5.92 Å². The van der Waals surface area contributed by atoms with Crippen LogP contribution in [0.1, 0.15) is 29.9 Å². The molecule has 0 N–H and O–H groups in total. The Balaban J connectivity index is 1.56. The smallest absolute Gasteiger partial charge is 0.309 e. The van der Waals surface area contributed by atoms with Gasteiger partial charge in [-0.15, -0.1) is 0 Å². The highest BCUT2D eigenvalue weighted by Crippen LogP contribution is 2.25. The predicted molar refractivity (Wildman–Crippen MR) is 91.5 cm³/mol. The minimum Gasteiger partial charge on any atom is -0.460 e. The third kappa shape index (κ3) is 3.78. The van der Waals surface area contributed by atoms with Crippen molar-refractivity contribution in [1.82, 2.24) is 14.4 Å². The number of piperidine rings is 1. The molecule has 0 atom stereocenters.